The van der Waals surface area contributed by atoms with Crippen molar-refractivity contribution in [1.82, 2.24) is 4.90 Å². The summed E-state index contributed by atoms with van der Waals surface area (Å²) in [6, 6.07) is 15.7. The lowest BCUT2D eigenvalue weighted by atomic mass is 9.96. The lowest BCUT2D eigenvalue weighted by molar-refractivity contribution is -0.121. The molecule has 1 saturated heterocycles. The first-order valence-electron chi connectivity index (χ1n) is 9.17. The topological polar surface area (TPSA) is 87.7 Å². The first-order valence-corrected chi connectivity index (χ1v) is 9.17. The van der Waals surface area contributed by atoms with Gasteiger partial charge in [0.1, 0.15) is 0 Å². The lowest BCUT2D eigenvalue weighted by Gasteiger charge is -2.31. The Morgan fingerprint density at radius 1 is 0.929 bits per heavy atom. The van der Waals surface area contributed by atoms with Crippen LogP contribution in [0.5, 0.6) is 0 Å². The number of anilines is 2. The number of carbonyl (C=O) groups excluding carboxylic acids is 3. The second kappa shape index (κ2) is 9.03. The van der Waals surface area contributed by atoms with E-state index in [4.69, 9.17) is 4.74 Å². The maximum absolute atomic E-state index is 12.6. The van der Waals surface area contributed by atoms with Gasteiger partial charge in [0.05, 0.1) is 18.4 Å². The van der Waals surface area contributed by atoms with Crippen molar-refractivity contribution in [1.29, 1.82) is 0 Å². The first kappa shape index (κ1) is 19.4. The van der Waals surface area contributed by atoms with Crippen LogP contribution in [0.3, 0.4) is 0 Å². The fourth-order valence-corrected chi connectivity index (χ4v) is 3.18. The van der Waals surface area contributed by atoms with Gasteiger partial charge >= 0.3 is 12.0 Å². The van der Waals surface area contributed by atoms with E-state index in [9.17, 15) is 14.4 Å². The quantitative estimate of drug-likeness (QED) is 0.795. The van der Waals surface area contributed by atoms with Crippen molar-refractivity contribution in [3.63, 3.8) is 0 Å². The standard InChI is InChI=1S/C21H23N3O4/c1-28-20(26)17-9-5-6-10-18(17)23-21(27)24-13-11-15(12-14-24)19(25)22-16-7-3-2-4-8-16/h2-10,15H,11-14H2,1H3,(H,22,25)(H,23,27). The van der Waals surface area contributed by atoms with E-state index in [-0.39, 0.29) is 17.9 Å². The predicted octanol–water partition coefficient (Wildman–Crippen LogP) is 3.36. The summed E-state index contributed by atoms with van der Waals surface area (Å²) < 4.78 is 4.74. The van der Waals surface area contributed by atoms with E-state index in [0.29, 0.717) is 37.2 Å². The van der Waals surface area contributed by atoms with Gasteiger partial charge in [-0.1, -0.05) is 30.3 Å². The van der Waals surface area contributed by atoms with Gasteiger partial charge in [0.15, 0.2) is 0 Å². The maximum atomic E-state index is 12.6. The Labute approximate surface area is 163 Å². The predicted molar refractivity (Wildman–Crippen MR) is 106 cm³/mol. The van der Waals surface area contributed by atoms with Gasteiger partial charge in [-0.2, -0.15) is 0 Å². The van der Waals surface area contributed by atoms with Crippen molar-refractivity contribution in [3.8, 4) is 0 Å². The van der Waals surface area contributed by atoms with Crippen LogP contribution in [0.1, 0.15) is 23.2 Å². The first-order chi connectivity index (χ1) is 13.6. The Morgan fingerprint density at radius 3 is 2.25 bits per heavy atom. The van der Waals surface area contributed by atoms with Crippen LogP contribution in [0.15, 0.2) is 54.6 Å². The molecule has 7 heteroatoms. The van der Waals surface area contributed by atoms with Crippen LogP contribution in [-0.2, 0) is 9.53 Å². The summed E-state index contributed by atoms with van der Waals surface area (Å²) >= 11 is 0. The van der Waals surface area contributed by atoms with Crippen LogP contribution < -0.4 is 10.6 Å². The number of nitrogens with one attached hydrogen (secondary N) is 2. The van der Waals surface area contributed by atoms with E-state index in [1.807, 2.05) is 30.3 Å². The number of amides is 3. The van der Waals surface area contributed by atoms with Gasteiger partial charge in [-0.3, -0.25) is 4.79 Å². The smallest absolute Gasteiger partial charge is 0.339 e. The number of methoxy groups -OCH3 is 1. The molecule has 7 nitrogen and oxygen atoms in total. The number of likely N-dealkylation sites (tertiary alicyclic amines) is 1. The van der Waals surface area contributed by atoms with Crippen molar-refractivity contribution in [2.24, 2.45) is 5.92 Å². The summed E-state index contributed by atoms with van der Waals surface area (Å²) in [6.45, 7) is 0.943. The SMILES string of the molecule is COC(=O)c1ccccc1NC(=O)N1CCC(C(=O)Nc2ccccc2)CC1. The summed E-state index contributed by atoms with van der Waals surface area (Å²) in [5.74, 6) is -0.666. The molecular weight excluding hydrogens is 358 g/mol. The molecule has 146 valence electrons. The summed E-state index contributed by atoms with van der Waals surface area (Å²) in [6.07, 6.45) is 1.18. The fraction of sp³-hybridized carbons (Fsp3) is 0.286. The molecule has 2 aromatic carbocycles. The molecule has 0 atom stereocenters. The van der Waals surface area contributed by atoms with Crippen molar-refractivity contribution in [2.45, 2.75) is 12.8 Å². The number of benzene rings is 2. The van der Waals surface area contributed by atoms with Gasteiger partial charge < -0.3 is 20.3 Å². The van der Waals surface area contributed by atoms with Crippen molar-refractivity contribution in [3.05, 3.63) is 60.2 Å². The van der Waals surface area contributed by atoms with Crippen LogP contribution in [0, 0.1) is 5.92 Å². The van der Waals surface area contributed by atoms with Crippen LogP contribution in [0.2, 0.25) is 0 Å². The third-order valence-corrected chi connectivity index (χ3v) is 4.77. The minimum absolute atomic E-state index is 0.0257. The van der Waals surface area contributed by atoms with E-state index in [1.165, 1.54) is 7.11 Å². The van der Waals surface area contributed by atoms with Crippen LogP contribution in [-0.4, -0.2) is 43.0 Å². The van der Waals surface area contributed by atoms with Gasteiger partial charge in [-0.05, 0) is 37.1 Å². The normalized spacial score (nSPS) is 14.2. The molecule has 1 fully saturated rings. The van der Waals surface area contributed by atoms with Gasteiger partial charge in [-0.25, -0.2) is 9.59 Å². The molecule has 3 amide bonds. The number of rotatable bonds is 4. The Balaban J connectivity index is 1.54. The van der Waals surface area contributed by atoms with E-state index >= 15 is 0 Å². The van der Waals surface area contributed by atoms with Crippen molar-refractivity contribution in [2.75, 3.05) is 30.8 Å². The minimum Gasteiger partial charge on any atom is -0.465 e. The maximum Gasteiger partial charge on any atom is 0.339 e. The monoisotopic (exact) mass is 381 g/mol. The van der Waals surface area contributed by atoms with E-state index in [2.05, 4.69) is 10.6 Å². The van der Waals surface area contributed by atoms with Gasteiger partial charge in [-0.15, -0.1) is 0 Å². The zero-order chi connectivity index (χ0) is 19.9. The highest BCUT2D eigenvalue weighted by molar-refractivity contribution is 6.01. The molecule has 2 N–H and O–H groups in total. The molecule has 0 unspecified atom stereocenters. The molecule has 0 aromatic heterocycles. The van der Waals surface area contributed by atoms with Crippen LogP contribution in [0.25, 0.3) is 0 Å². The van der Waals surface area contributed by atoms with Gasteiger partial charge in [0.2, 0.25) is 5.91 Å². The number of hydrogen-bond acceptors (Lipinski definition) is 4. The number of hydrogen-bond donors (Lipinski definition) is 2. The largest absolute Gasteiger partial charge is 0.465 e. The average molecular weight is 381 g/mol. The highest BCUT2D eigenvalue weighted by atomic mass is 16.5. The zero-order valence-corrected chi connectivity index (χ0v) is 15.7. The molecule has 0 radical (unpaired) electrons. The summed E-state index contributed by atoms with van der Waals surface area (Å²) in [4.78, 5) is 38.4. The van der Waals surface area contributed by atoms with Crippen LogP contribution >= 0.6 is 0 Å². The van der Waals surface area contributed by atoms with E-state index in [0.717, 1.165) is 5.69 Å². The van der Waals surface area contributed by atoms with E-state index in [1.54, 1.807) is 29.2 Å². The molecule has 1 heterocycles. The Morgan fingerprint density at radius 2 is 1.57 bits per heavy atom. The third-order valence-electron chi connectivity index (χ3n) is 4.77. The Bertz CT molecular complexity index is 846. The third kappa shape index (κ3) is 4.68. The molecule has 2 aromatic rings. The number of carbonyl (C=O) groups is 3. The van der Waals surface area contributed by atoms with Gasteiger partial charge in [0, 0.05) is 24.7 Å². The number of ether oxygens (including phenoxy) is 1. The van der Waals surface area contributed by atoms with Crippen molar-refractivity contribution < 1.29 is 19.1 Å². The number of piperidine rings is 1. The fourth-order valence-electron chi connectivity index (χ4n) is 3.18. The summed E-state index contributed by atoms with van der Waals surface area (Å²) in [7, 11) is 1.30. The van der Waals surface area contributed by atoms with Crippen molar-refractivity contribution >= 4 is 29.3 Å². The summed E-state index contributed by atoms with van der Waals surface area (Å²) in [5.41, 5.74) is 1.48. The number of esters is 1. The molecule has 28 heavy (non-hydrogen) atoms. The molecule has 1 aliphatic heterocycles. The number of para-hydroxylation sites is 2. The highest BCUT2D eigenvalue weighted by Gasteiger charge is 2.28. The lowest BCUT2D eigenvalue weighted by Crippen LogP contribution is -2.43. The molecule has 0 bridgehead atoms. The second-order valence-electron chi connectivity index (χ2n) is 6.58. The molecule has 3 rings (SSSR count). The van der Waals surface area contributed by atoms with Gasteiger partial charge in [0.25, 0.3) is 0 Å². The Kier molecular flexibility index (Phi) is 6.26. The Hall–Kier alpha value is -3.35. The molecule has 0 saturated carbocycles. The molecule has 0 aliphatic carbocycles. The molecule has 0 spiro atoms. The highest BCUT2D eigenvalue weighted by Crippen LogP contribution is 2.22. The van der Waals surface area contributed by atoms with E-state index < -0.39 is 5.97 Å². The number of urea groups is 1. The molecular formula is C21H23N3O4. The van der Waals surface area contributed by atoms with Crippen LogP contribution in [0.4, 0.5) is 16.2 Å². The number of nitrogens with zero attached hydrogens (tertiary/aromatic N) is 1. The molecule has 1 aliphatic rings. The summed E-state index contributed by atoms with van der Waals surface area (Å²) in [5, 5.41) is 5.68. The minimum atomic E-state index is -0.507. The second-order valence-corrected chi connectivity index (χ2v) is 6.58. The zero-order valence-electron chi connectivity index (χ0n) is 15.7. The average Bonchev–Trinajstić information content (AvgIpc) is 2.74.